The number of nitrogens with zero attached hydrogens (tertiary/aromatic N) is 3. The summed E-state index contributed by atoms with van der Waals surface area (Å²) in [5.41, 5.74) is 1.16. The molecule has 2 rings (SSSR count). The standard InChI is InChI=1S/C13H20BrN3/c1-2-4-11-9-13(16-10-15-11)17(8-7-14)12-5-3-6-12/h9-10,12H,2-8H2,1H3. The van der Waals surface area contributed by atoms with Crippen LogP contribution in [0.2, 0.25) is 0 Å². The lowest BCUT2D eigenvalue weighted by molar-refractivity contribution is 0.389. The monoisotopic (exact) mass is 297 g/mol. The fraction of sp³-hybridized carbons (Fsp3) is 0.692. The van der Waals surface area contributed by atoms with E-state index in [1.165, 1.54) is 19.3 Å². The molecule has 0 N–H and O–H groups in total. The molecule has 0 amide bonds. The molecule has 0 aliphatic heterocycles. The molecule has 0 saturated heterocycles. The molecule has 3 nitrogen and oxygen atoms in total. The van der Waals surface area contributed by atoms with Crippen molar-refractivity contribution in [3.63, 3.8) is 0 Å². The topological polar surface area (TPSA) is 29.0 Å². The molecule has 0 atom stereocenters. The van der Waals surface area contributed by atoms with Crippen molar-refractivity contribution in [2.45, 2.75) is 45.1 Å². The van der Waals surface area contributed by atoms with E-state index in [0.717, 1.165) is 36.2 Å². The number of aryl methyl sites for hydroxylation is 1. The Morgan fingerprint density at radius 3 is 2.82 bits per heavy atom. The molecular formula is C13H20BrN3. The average molecular weight is 298 g/mol. The Morgan fingerprint density at radius 1 is 1.41 bits per heavy atom. The molecule has 0 bridgehead atoms. The third-order valence-corrected chi connectivity index (χ3v) is 3.71. The molecule has 0 radical (unpaired) electrons. The Hall–Kier alpha value is -0.640. The van der Waals surface area contributed by atoms with Crippen LogP contribution in [0.1, 0.15) is 38.3 Å². The fourth-order valence-electron chi connectivity index (χ4n) is 2.21. The Kier molecular flexibility index (Phi) is 4.77. The van der Waals surface area contributed by atoms with Crippen molar-refractivity contribution >= 4 is 21.7 Å². The van der Waals surface area contributed by atoms with Crippen LogP contribution in [0.4, 0.5) is 5.82 Å². The van der Waals surface area contributed by atoms with Gasteiger partial charge in [-0.15, -0.1) is 0 Å². The van der Waals surface area contributed by atoms with Gasteiger partial charge in [0, 0.05) is 29.7 Å². The highest BCUT2D eigenvalue weighted by atomic mass is 79.9. The molecule has 1 saturated carbocycles. The summed E-state index contributed by atoms with van der Waals surface area (Å²) in [7, 11) is 0. The van der Waals surface area contributed by atoms with Crippen molar-refractivity contribution in [3.05, 3.63) is 18.1 Å². The van der Waals surface area contributed by atoms with Crippen molar-refractivity contribution in [1.82, 2.24) is 9.97 Å². The minimum absolute atomic E-state index is 0.692. The minimum atomic E-state index is 0.692. The van der Waals surface area contributed by atoms with E-state index in [1.54, 1.807) is 6.33 Å². The second-order valence-corrected chi connectivity index (χ2v) is 5.38. The van der Waals surface area contributed by atoms with Gasteiger partial charge in [-0.3, -0.25) is 0 Å². The first kappa shape index (κ1) is 12.8. The van der Waals surface area contributed by atoms with Crippen molar-refractivity contribution in [2.75, 3.05) is 16.8 Å². The Bertz CT molecular complexity index is 352. The largest absolute Gasteiger partial charge is 0.353 e. The highest BCUT2D eigenvalue weighted by molar-refractivity contribution is 9.09. The maximum Gasteiger partial charge on any atom is 0.132 e. The van der Waals surface area contributed by atoms with E-state index in [4.69, 9.17) is 0 Å². The number of hydrogen-bond acceptors (Lipinski definition) is 3. The van der Waals surface area contributed by atoms with Gasteiger partial charge in [0.2, 0.25) is 0 Å². The van der Waals surface area contributed by atoms with Gasteiger partial charge in [0.25, 0.3) is 0 Å². The van der Waals surface area contributed by atoms with Crippen LogP contribution in [0.25, 0.3) is 0 Å². The van der Waals surface area contributed by atoms with E-state index in [9.17, 15) is 0 Å². The maximum atomic E-state index is 4.44. The summed E-state index contributed by atoms with van der Waals surface area (Å²) in [6.45, 7) is 3.22. The highest BCUT2D eigenvalue weighted by Crippen LogP contribution is 2.28. The van der Waals surface area contributed by atoms with E-state index < -0.39 is 0 Å². The number of rotatable bonds is 6. The second kappa shape index (κ2) is 6.34. The number of halogens is 1. The maximum absolute atomic E-state index is 4.44. The van der Waals surface area contributed by atoms with Gasteiger partial charge in [-0.05, 0) is 25.7 Å². The average Bonchev–Trinajstić information content (AvgIpc) is 2.27. The van der Waals surface area contributed by atoms with Crippen LogP contribution in [0.3, 0.4) is 0 Å². The molecule has 1 aliphatic rings. The van der Waals surface area contributed by atoms with E-state index in [-0.39, 0.29) is 0 Å². The first-order valence-electron chi connectivity index (χ1n) is 6.48. The summed E-state index contributed by atoms with van der Waals surface area (Å²) in [6.07, 6.45) is 7.86. The van der Waals surface area contributed by atoms with Gasteiger partial charge in [-0.2, -0.15) is 0 Å². The van der Waals surface area contributed by atoms with Gasteiger partial charge in [-0.1, -0.05) is 29.3 Å². The van der Waals surface area contributed by atoms with E-state index in [2.05, 4.69) is 43.8 Å². The Labute approximate surface area is 112 Å². The van der Waals surface area contributed by atoms with Crippen molar-refractivity contribution in [2.24, 2.45) is 0 Å². The smallest absolute Gasteiger partial charge is 0.132 e. The van der Waals surface area contributed by atoms with Crippen LogP contribution in [-0.2, 0) is 6.42 Å². The van der Waals surface area contributed by atoms with Crippen LogP contribution in [0.5, 0.6) is 0 Å². The van der Waals surface area contributed by atoms with E-state index in [0.29, 0.717) is 6.04 Å². The zero-order valence-electron chi connectivity index (χ0n) is 10.4. The van der Waals surface area contributed by atoms with Crippen LogP contribution in [0.15, 0.2) is 12.4 Å². The van der Waals surface area contributed by atoms with E-state index in [1.807, 2.05) is 0 Å². The zero-order valence-corrected chi connectivity index (χ0v) is 12.0. The molecule has 4 heteroatoms. The molecule has 0 unspecified atom stereocenters. The molecule has 0 aromatic carbocycles. The lowest BCUT2D eigenvalue weighted by Crippen LogP contribution is -2.42. The molecule has 94 valence electrons. The molecule has 0 spiro atoms. The molecular weight excluding hydrogens is 278 g/mol. The van der Waals surface area contributed by atoms with Crippen LogP contribution < -0.4 is 4.90 Å². The Morgan fingerprint density at radius 2 is 2.24 bits per heavy atom. The van der Waals surface area contributed by atoms with Gasteiger partial charge in [0.05, 0.1) is 0 Å². The number of aromatic nitrogens is 2. The van der Waals surface area contributed by atoms with Gasteiger partial charge in [-0.25, -0.2) is 9.97 Å². The summed E-state index contributed by atoms with van der Waals surface area (Å²) >= 11 is 3.53. The first-order chi connectivity index (χ1) is 8.35. The zero-order chi connectivity index (χ0) is 12.1. The first-order valence-corrected chi connectivity index (χ1v) is 7.60. The van der Waals surface area contributed by atoms with Gasteiger partial charge < -0.3 is 4.90 Å². The quantitative estimate of drug-likeness (QED) is 0.755. The normalized spacial score (nSPS) is 15.6. The second-order valence-electron chi connectivity index (χ2n) is 4.58. The summed E-state index contributed by atoms with van der Waals surface area (Å²) in [6, 6.07) is 2.85. The van der Waals surface area contributed by atoms with E-state index >= 15 is 0 Å². The van der Waals surface area contributed by atoms with Crippen LogP contribution >= 0.6 is 15.9 Å². The number of hydrogen-bond donors (Lipinski definition) is 0. The molecule has 17 heavy (non-hydrogen) atoms. The predicted molar refractivity (Wildman–Crippen MR) is 74.8 cm³/mol. The minimum Gasteiger partial charge on any atom is -0.353 e. The lowest BCUT2D eigenvalue weighted by Gasteiger charge is -2.38. The third-order valence-electron chi connectivity index (χ3n) is 3.35. The van der Waals surface area contributed by atoms with Gasteiger partial charge >= 0.3 is 0 Å². The molecule has 1 aromatic rings. The molecule has 1 aromatic heterocycles. The summed E-state index contributed by atoms with van der Waals surface area (Å²) in [4.78, 5) is 11.2. The summed E-state index contributed by atoms with van der Waals surface area (Å²) in [5, 5.41) is 0.997. The van der Waals surface area contributed by atoms with Gasteiger partial charge in [0.1, 0.15) is 12.1 Å². The van der Waals surface area contributed by atoms with Crippen molar-refractivity contribution in [1.29, 1.82) is 0 Å². The third kappa shape index (κ3) is 3.18. The van der Waals surface area contributed by atoms with Crippen molar-refractivity contribution < 1.29 is 0 Å². The van der Waals surface area contributed by atoms with Crippen LogP contribution in [0, 0.1) is 0 Å². The highest BCUT2D eigenvalue weighted by Gasteiger charge is 2.25. The molecule has 1 heterocycles. The van der Waals surface area contributed by atoms with Crippen LogP contribution in [-0.4, -0.2) is 27.9 Å². The summed E-state index contributed by atoms with van der Waals surface area (Å²) in [5.74, 6) is 1.10. The SMILES string of the molecule is CCCc1cc(N(CCBr)C2CCC2)ncn1. The number of alkyl halides is 1. The summed E-state index contributed by atoms with van der Waals surface area (Å²) < 4.78 is 0. The van der Waals surface area contributed by atoms with Gasteiger partial charge in [0.15, 0.2) is 0 Å². The molecule has 1 fully saturated rings. The van der Waals surface area contributed by atoms with Crippen molar-refractivity contribution in [3.8, 4) is 0 Å². The fourth-order valence-corrected chi connectivity index (χ4v) is 2.59. The Balaban J connectivity index is 2.13. The number of anilines is 1. The molecule has 1 aliphatic carbocycles. The lowest BCUT2D eigenvalue weighted by atomic mass is 9.91. The predicted octanol–water partition coefficient (Wildman–Crippen LogP) is 3.18.